The lowest BCUT2D eigenvalue weighted by atomic mass is 10.1. The van der Waals surface area contributed by atoms with Gasteiger partial charge in [0.05, 0.1) is 6.61 Å². The third kappa shape index (κ3) is 4.89. The lowest BCUT2D eigenvalue weighted by Gasteiger charge is -2.14. The van der Waals surface area contributed by atoms with Crippen molar-refractivity contribution in [1.29, 1.82) is 0 Å². The van der Waals surface area contributed by atoms with Crippen LogP contribution >= 0.6 is 23.5 Å². The first-order valence-electron chi connectivity index (χ1n) is 9.95. The van der Waals surface area contributed by atoms with Crippen LogP contribution in [0.2, 0.25) is 0 Å². The molecule has 0 atom stereocenters. The average Bonchev–Trinajstić information content (AvgIpc) is 3.42. The first-order valence-corrected chi connectivity index (χ1v) is 12.2. The second kappa shape index (κ2) is 10.0. The number of imidazole rings is 2. The van der Waals surface area contributed by atoms with Gasteiger partial charge in [0.1, 0.15) is 17.0 Å². The van der Waals surface area contributed by atoms with Crippen LogP contribution in [0.4, 0.5) is 5.82 Å². The van der Waals surface area contributed by atoms with Gasteiger partial charge in [0.15, 0.2) is 5.16 Å². The normalized spacial score (nSPS) is 11.2. The summed E-state index contributed by atoms with van der Waals surface area (Å²) in [5.74, 6) is 1.53. The molecule has 0 saturated heterocycles. The summed E-state index contributed by atoms with van der Waals surface area (Å²) < 4.78 is 9.42. The van der Waals surface area contributed by atoms with Crippen molar-refractivity contribution in [3.63, 3.8) is 0 Å². The predicted molar refractivity (Wildman–Crippen MR) is 125 cm³/mol. The highest BCUT2D eigenvalue weighted by Gasteiger charge is 2.16. The van der Waals surface area contributed by atoms with E-state index in [9.17, 15) is 10.1 Å². The van der Waals surface area contributed by atoms with Crippen molar-refractivity contribution in [2.75, 3.05) is 18.6 Å². The van der Waals surface area contributed by atoms with E-state index in [1.807, 2.05) is 36.8 Å². The molecule has 4 rings (SSSR count). The second-order valence-corrected chi connectivity index (χ2v) is 8.84. The molecule has 11 heteroatoms. The van der Waals surface area contributed by atoms with Crippen LogP contribution in [0.15, 0.2) is 59.1 Å². The Hall–Kier alpha value is -3.05. The summed E-state index contributed by atoms with van der Waals surface area (Å²) in [5, 5.41) is 17.1. The van der Waals surface area contributed by atoms with Crippen molar-refractivity contribution in [3.05, 3.63) is 70.2 Å². The van der Waals surface area contributed by atoms with Crippen LogP contribution in [-0.4, -0.2) is 47.7 Å². The van der Waals surface area contributed by atoms with E-state index in [1.165, 1.54) is 28.0 Å². The van der Waals surface area contributed by atoms with Crippen molar-refractivity contribution in [2.45, 2.75) is 30.1 Å². The van der Waals surface area contributed by atoms with E-state index < -0.39 is 4.92 Å². The molecule has 0 aliphatic carbocycles. The van der Waals surface area contributed by atoms with E-state index >= 15 is 0 Å². The molecule has 0 N–H and O–H groups in total. The van der Waals surface area contributed by atoms with Gasteiger partial charge in [-0.05, 0) is 47.8 Å². The number of nitro groups is 1. The number of ether oxygens (including phenoxy) is 1. The zero-order valence-electron chi connectivity index (χ0n) is 17.7. The molecule has 9 nitrogen and oxygen atoms in total. The summed E-state index contributed by atoms with van der Waals surface area (Å²) >= 11 is 3.16. The standard InChI is InChI=1S/C21H22N6O3S2/c1-15-16(14-25-10-9-22-21(25)31-2)5-3-6-17(15)30-11-4-12-32-19-8-7-18-23-13-20(27(28)29)26(18)24-19/h3,5-10,13H,4,11-12,14H2,1-2H3. The third-order valence-electron chi connectivity index (χ3n) is 4.90. The van der Waals surface area contributed by atoms with E-state index in [2.05, 4.69) is 32.6 Å². The van der Waals surface area contributed by atoms with Crippen LogP contribution in [0.1, 0.15) is 17.5 Å². The molecule has 0 saturated carbocycles. The van der Waals surface area contributed by atoms with Crippen LogP contribution in [0.3, 0.4) is 0 Å². The molecule has 0 fully saturated rings. The second-order valence-electron chi connectivity index (χ2n) is 6.95. The SMILES string of the molecule is CSc1nccn1Cc1cccc(OCCCSc2ccc3ncc([N+](=O)[O-])n3n2)c1C. The van der Waals surface area contributed by atoms with Crippen molar-refractivity contribution >= 4 is 35.0 Å². The average molecular weight is 471 g/mol. The number of benzene rings is 1. The zero-order valence-corrected chi connectivity index (χ0v) is 19.3. The summed E-state index contributed by atoms with van der Waals surface area (Å²) in [7, 11) is 0. The first kappa shape index (κ1) is 22.2. The van der Waals surface area contributed by atoms with Crippen LogP contribution in [-0.2, 0) is 6.54 Å². The molecule has 0 aliphatic heterocycles. The minimum absolute atomic E-state index is 0.138. The quantitative estimate of drug-likeness (QED) is 0.145. The Bertz CT molecular complexity index is 1240. The van der Waals surface area contributed by atoms with Gasteiger partial charge in [0.2, 0.25) is 5.65 Å². The smallest absolute Gasteiger partial charge is 0.368 e. The maximum Gasteiger partial charge on any atom is 0.368 e. The minimum Gasteiger partial charge on any atom is -0.493 e. The third-order valence-corrected chi connectivity index (χ3v) is 6.61. The molecular weight excluding hydrogens is 448 g/mol. The predicted octanol–water partition coefficient (Wildman–Crippen LogP) is 4.47. The highest BCUT2D eigenvalue weighted by atomic mass is 32.2. The minimum atomic E-state index is -0.486. The summed E-state index contributed by atoms with van der Waals surface area (Å²) in [6, 6.07) is 9.67. The zero-order chi connectivity index (χ0) is 22.5. The van der Waals surface area contributed by atoms with Gasteiger partial charge < -0.3 is 19.4 Å². The molecule has 0 radical (unpaired) electrons. The Morgan fingerprint density at radius 3 is 2.91 bits per heavy atom. The molecule has 0 bridgehead atoms. The van der Waals surface area contributed by atoms with Gasteiger partial charge in [0.25, 0.3) is 0 Å². The van der Waals surface area contributed by atoms with Crippen molar-refractivity contribution < 1.29 is 9.66 Å². The monoisotopic (exact) mass is 470 g/mol. The highest BCUT2D eigenvalue weighted by Crippen LogP contribution is 2.24. The molecule has 0 aliphatic rings. The first-order chi connectivity index (χ1) is 15.6. The summed E-state index contributed by atoms with van der Waals surface area (Å²) in [5.41, 5.74) is 2.78. The number of aromatic nitrogens is 5. The molecule has 3 heterocycles. The lowest BCUT2D eigenvalue weighted by molar-refractivity contribution is -0.391. The molecular formula is C21H22N6O3S2. The fraction of sp³-hybridized carbons (Fsp3) is 0.286. The fourth-order valence-corrected chi connectivity index (χ4v) is 4.54. The Balaban J connectivity index is 1.31. The molecule has 32 heavy (non-hydrogen) atoms. The molecule has 0 unspecified atom stereocenters. The van der Waals surface area contributed by atoms with Crippen LogP contribution in [0.5, 0.6) is 5.75 Å². The summed E-state index contributed by atoms with van der Waals surface area (Å²) in [4.78, 5) is 18.9. The number of hydrogen-bond acceptors (Lipinski definition) is 8. The van der Waals surface area contributed by atoms with Gasteiger partial charge in [0, 0.05) is 30.8 Å². The number of thioether (sulfide) groups is 2. The van der Waals surface area contributed by atoms with Gasteiger partial charge in [-0.1, -0.05) is 33.5 Å². The number of hydrogen-bond donors (Lipinski definition) is 0. The van der Waals surface area contributed by atoms with Gasteiger partial charge in [-0.3, -0.25) is 0 Å². The molecule has 0 amide bonds. The van der Waals surface area contributed by atoms with Gasteiger partial charge in [-0.25, -0.2) is 9.97 Å². The fourth-order valence-electron chi connectivity index (χ4n) is 3.24. The molecule has 1 aromatic carbocycles. The Kier molecular flexibility index (Phi) is 6.96. The van der Waals surface area contributed by atoms with Crippen LogP contribution in [0, 0.1) is 17.0 Å². The van der Waals surface area contributed by atoms with Crippen LogP contribution in [0.25, 0.3) is 5.65 Å². The number of fused-ring (bicyclic) bond motifs is 1. The van der Waals surface area contributed by atoms with E-state index in [-0.39, 0.29) is 5.82 Å². The van der Waals surface area contributed by atoms with E-state index in [1.54, 1.807) is 17.8 Å². The maximum atomic E-state index is 11.1. The maximum absolute atomic E-state index is 11.1. The summed E-state index contributed by atoms with van der Waals surface area (Å²) in [6.07, 6.45) is 7.86. The van der Waals surface area contributed by atoms with E-state index in [0.29, 0.717) is 17.3 Å². The Morgan fingerprint density at radius 2 is 2.09 bits per heavy atom. The highest BCUT2D eigenvalue weighted by molar-refractivity contribution is 7.99. The Morgan fingerprint density at radius 1 is 1.22 bits per heavy atom. The Labute approximate surface area is 193 Å². The van der Waals surface area contributed by atoms with Gasteiger partial charge in [-0.15, -0.1) is 11.8 Å². The molecule has 3 aromatic heterocycles. The lowest BCUT2D eigenvalue weighted by Crippen LogP contribution is -2.05. The number of rotatable bonds is 10. The molecule has 166 valence electrons. The molecule has 4 aromatic rings. The molecule has 0 spiro atoms. The van der Waals surface area contributed by atoms with Crippen molar-refractivity contribution in [3.8, 4) is 5.75 Å². The summed E-state index contributed by atoms with van der Waals surface area (Å²) in [6.45, 7) is 3.40. The van der Waals surface area contributed by atoms with Gasteiger partial charge in [-0.2, -0.15) is 0 Å². The van der Waals surface area contributed by atoms with E-state index in [4.69, 9.17) is 4.74 Å². The topological polar surface area (TPSA) is 100 Å². The van der Waals surface area contributed by atoms with E-state index in [0.717, 1.165) is 35.2 Å². The van der Waals surface area contributed by atoms with Crippen LogP contribution < -0.4 is 4.74 Å². The number of nitrogens with zero attached hydrogens (tertiary/aromatic N) is 6. The van der Waals surface area contributed by atoms with Crippen molar-refractivity contribution in [1.82, 2.24) is 24.1 Å². The van der Waals surface area contributed by atoms with Crippen molar-refractivity contribution in [2.24, 2.45) is 0 Å². The largest absolute Gasteiger partial charge is 0.493 e. The van der Waals surface area contributed by atoms with Gasteiger partial charge >= 0.3 is 5.82 Å².